The molecule has 1 N–H and O–H groups in total. The molecule has 0 spiro atoms. The lowest BCUT2D eigenvalue weighted by Crippen LogP contribution is -2.39. The monoisotopic (exact) mass is 253 g/mol. The summed E-state index contributed by atoms with van der Waals surface area (Å²) < 4.78 is 24.2. The fourth-order valence-electron chi connectivity index (χ4n) is 2.14. The zero-order valence-electron chi connectivity index (χ0n) is 10.7. The highest BCUT2D eigenvalue weighted by Gasteiger charge is 2.21. The molecule has 0 aromatic heterocycles. The molecule has 4 heteroatoms. The molecule has 0 bridgehead atoms. The van der Waals surface area contributed by atoms with Gasteiger partial charge in [0.2, 0.25) is 0 Å². The normalized spacial score (nSPS) is 20.9. The van der Waals surface area contributed by atoms with Gasteiger partial charge in [0.25, 0.3) is 0 Å². The highest BCUT2D eigenvalue weighted by atomic mass is 19.1. The lowest BCUT2D eigenvalue weighted by atomic mass is 10.1. The molecule has 18 heavy (non-hydrogen) atoms. The van der Waals surface area contributed by atoms with E-state index in [1.807, 2.05) is 0 Å². The predicted octanol–water partition coefficient (Wildman–Crippen LogP) is 2.36. The summed E-state index contributed by atoms with van der Waals surface area (Å²) in [7, 11) is 0. The van der Waals surface area contributed by atoms with Gasteiger partial charge >= 0.3 is 0 Å². The van der Waals surface area contributed by atoms with Gasteiger partial charge in [0.15, 0.2) is 11.6 Å². The van der Waals surface area contributed by atoms with E-state index in [1.54, 1.807) is 18.2 Å². The first kappa shape index (κ1) is 13.3. The predicted molar refractivity (Wildman–Crippen MR) is 68.3 cm³/mol. The average molecular weight is 253 g/mol. The van der Waals surface area contributed by atoms with Crippen LogP contribution >= 0.6 is 0 Å². The Bertz CT molecular complexity index is 367. The standard InChI is InChI=1S/C14H20FNO2/c1-11(13-7-4-9-17-13)16-8-10-18-14-6-3-2-5-12(14)15/h2-3,5-6,11,13,16H,4,7-10H2,1H3. The van der Waals surface area contributed by atoms with Crippen molar-refractivity contribution in [1.29, 1.82) is 0 Å². The Morgan fingerprint density at radius 3 is 3.06 bits per heavy atom. The van der Waals surface area contributed by atoms with Crippen LogP contribution in [-0.2, 0) is 4.74 Å². The van der Waals surface area contributed by atoms with Crippen molar-refractivity contribution in [3.8, 4) is 5.75 Å². The van der Waals surface area contributed by atoms with E-state index < -0.39 is 0 Å². The van der Waals surface area contributed by atoms with Gasteiger partial charge in [-0.05, 0) is 31.9 Å². The Labute approximate surface area is 107 Å². The number of hydrogen-bond acceptors (Lipinski definition) is 3. The number of para-hydroxylation sites is 1. The molecule has 1 heterocycles. The van der Waals surface area contributed by atoms with Gasteiger partial charge in [-0.15, -0.1) is 0 Å². The molecule has 1 aromatic rings. The van der Waals surface area contributed by atoms with Gasteiger partial charge in [0, 0.05) is 19.2 Å². The topological polar surface area (TPSA) is 30.5 Å². The van der Waals surface area contributed by atoms with Gasteiger partial charge in [-0.1, -0.05) is 12.1 Å². The fourth-order valence-corrected chi connectivity index (χ4v) is 2.14. The molecule has 1 saturated heterocycles. The number of rotatable bonds is 6. The number of nitrogens with one attached hydrogen (secondary N) is 1. The third kappa shape index (κ3) is 3.68. The average Bonchev–Trinajstić information content (AvgIpc) is 2.90. The largest absolute Gasteiger partial charge is 0.489 e. The van der Waals surface area contributed by atoms with Gasteiger partial charge in [0.1, 0.15) is 6.61 Å². The second-order valence-electron chi connectivity index (χ2n) is 4.57. The van der Waals surface area contributed by atoms with E-state index in [2.05, 4.69) is 12.2 Å². The summed E-state index contributed by atoms with van der Waals surface area (Å²) in [4.78, 5) is 0. The summed E-state index contributed by atoms with van der Waals surface area (Å²) in [6.07, 6.45) is 2.56. The van der Waals surface area contributed by atoms with E-state index in [4.69, 9.17) is 9.47 Å². The van der Waals surface area contributed by atoms with Crippen LogP contribution in [0.4, 0.5) is 4.39 Å². The van der Waals surface area contributed by atoms with E-state index in [1.165, 1.54) is 6.07 Å². The zero-order valence-corrected chi connectivity index (χ0v) is 10.7. The number of halogens is 1. The molecular weight excluding hydrogens is 233 g/mol. The number of benzene rings is 1. The maximum Gasteiger partial charge on any atom is 0.165 e. The van der Waals surface area contributed by atoms with Crippen molar-refractivity contribution in [1.82, 2.24) is 5.32 Å². The van der Waals surface area contributed by atoms with Crippen LogP contribution in [0.2, 0.25) is 0 Å². The summed E-state index contributed by atoms with van der Waals surface area (Å²) in [6, 6.07) is 6.77. The van der Waals surface area contributed by atoms with E-state index in [0.29, 0.717) is 31.0 Å². The van der Waals surface area contributed by atoms with Crippen LogP contribution in [0.15, 0.2) is 24.3 Å². The van der Waals surface area contributed by atoms with E-state index in [9.17, 15) is 4.39 Å². The number of hydrogen-bond donors (Lipinski definition) is 1. The van der Waals surface area contributed by atoms with E-state index in [-0.39, 0.29) is 5.82 Å². The second kappa shape index (κ2) is 6.71. The molecule has 0 saturated carbocycles. The number of ether oxygens (including phenoxy) is 2. The third-order valence-electron chi connectivity index (χ3n) is 3.19. The summed E-state index contributed by atoms with van der Waals surface area (Å²) in [5.41, 5.74) is 0. The van der Waals surface area contributed by atoms with Gasteiger partial charge in [-0.2, -0.15) is 0 Å². The van der Waals surface area contributed by atoms with Crippen LogP contribution in [0.25, 0.3) is 0 Å². The summed E-state index contributed by atoms with van der Waals surface area (Å²) in [6.45, 7) is 4.12. The molecule has 1 aliphatic heterocycles. The van der Waals surface area contributed by atoms with Gasteiger partial charge in [0.05, 0.1) is 6.10 Å². The maximum absolute atomic E-state index is 13.3. The zero-order chi connectivity index (χ0) is 12.8. The molecule has 0 radical (unpaired) electrons. The molecule has 100 valence electrons. The minimum atomic E-state index is -0.315. The minimum Gasteiger partial charge on any atom is -0.489 e. The molecule has 2 rings (SSSR count). The van der Waals surface area contributed by atoms with Crippen LogP contribution in [0.5, 0.6) is 5.75 Å². The van der Waals surface area contributed by atoms with Gasteiger partial charge in [-0.3, -0.25) is 0 Å². The molecular formula is C14H20FNO2. The van der Waals surface area contributed by atoms with Crippen molar-refractivity contribution in [2.45, 2.75) is 31.9 Å². The highest BCUT2D eigenvalue weighted by Crippen LogP contribution is 2.16. The molecule has 1 aromatic carbocycles. The van der Waals surface area contributed by atoms with Crippen molar-refractivity contribution in [2.24, 2.45) is 0 Å². The van der Waals surface area contributed by atoms with Gasteiger partial charge in [-0.25, -0.2) is 4.39 Å². The third-order valence-corrected chi connectivity index (χ3v) is 3.19. The molecule has 1 fully saturated rings. The Kier molecular flexibility index (Phi) is 4.96. The van der Waals surface area contributed by atoms with E-state index in [0.717, 1.165) is 19.4 Å². The molecule has 2 atom stereocenters. The maximum atomic E-state index is 13.3. The molecule has 0 amide bonds. The van der Waals surface area contributed by atoms with Crippen molar-refractivity contribution in [3.05, 3.63) is 30.1 Å². The van der Waals surface area contributed by atoms with Crippen molar-refractivity contribution >= 4 is 0 Å². The van der Waals surface area contributed by atoms with Crippen LogP contribution in [0.3, 0.4) is 0 Å². The second-order valence-corrected chi connectivity index (χ2v) is 4.57. The van der Waals surface area contributed by atoms with Crippen LogP contribution in [0, 0.1) is 5.82 Å². The Morgan fingerprint density at radius 2 is 2.33 bits per heavy atom. The van der Waals surface area contributed by atoms with Crippen molar-refractivity contribution in [3.63, 3.8) is 0 Å². The fraction of sp³-hybridized carbons (Fsp3) is 0.571. The molecule has 0 aliphatic carbocycles. The lowest BCUT2D eigenvalue weighted by molar-refractivity contribution is 0.0824. The van der Waals surface area contributed by atoms with Crippen molar-refractivity contribution in [2.75, 3.05) is 19.8 Å². The first-order valence-electron chi connectivity index (χ1n) is 6.49. The summed E-state index contributed by atoms with van der Waals surface area (Å²) in [5.74, 6) is -0.00579. The summed E-state index contributed by atoms with van der Waals surface area (Å²) >= 11 is 0. The Morgan fingerprint density at radius 1 is 1.50 bits per heavy atom. The van der Waals surface area contributed by atoms with Crippen LogP contribution in [0.1, 0.15) is 19.8 Å². The van der Waals surface area contributed by atoms with Gasteiger partial charge < -0.3 is 14.8 Å². The molecule has 3 nitrogen and oxygen atoms in total. The lowest BCUT2D eigenvalue weighted by Gasteiger charge is -2.20. The SMILES string of the molecule is CC(NCCOc1ccccc1F)C1CCCO1. The quantitative estimate of drug-likeness (QED) is 0.789. The Balaban J connectivity index is 1.65. The minimum absolute atomic E-state index is 0.304. The van der Waals surface area contributed by atoms with Crippen LogP contribution in [-0.4, -0.2) is 31.9 Å². The Hall–Kier alpha value is -1.13. The smallest absolute Gasteiger partial charge is 0.165 e. The van der Waals surface area contributed by atoms with Crippen LogP contribution < -0.4 is 10.1 Å². The molecule has 1 aliphatic rings. The highest BCUT2D eigenvalue weighted by molar-refractivity contribution is 5.23. The summed E-state index contributed by atoms with van der Waals surface area (Å²) in [5, 5.41) is 3.34. The van der Waals surface area contributed by atoms with Crippen molar-refractivity contribution < 1.29 is 13.9 Å². The van der Waals surface area contributed by atoms with E-state index >= 15 is 0 Å². The first-order valence-corrected chi connectivity index (χ1v) is 6.49. The first-order chi connectivity index (χ1) is 8.77. The molecule has 2 unspecified atom stereocenters.